The molecule has 0 aliphatic carbocycles. The zero-order valence-corrected chi connectivity index (χ0v) is 16.0. The number of carbonyl (C=O) groups excluding carboxylic acids is 1. The highest BCUT2D eigenvalue weighted by Gasteiger charge is 2.25. The lowest BCUT2D eigenvalue weighted by Gasteiger charge is -2.31. The van der Waals surface area contributed by atoms with Crippen LogP contribution in [0.15, 0.2) is 59.7 Å². The number of hydrogen-bond acceptors (Lipinski definition) is 3. The molecular weight excluding hydrogens is 352 g/mol. The van der Waals surface area contributed by atoms with E-state index in [2.05, 4.69) is 10.1 Å². The molecule has 4 rings (SSSR count). The predicted octanol–water partition coefficient (Wildman–Crippen LogP) is 3.10. The minimum Gasteiger partial charge on any atom is -0.338 e. The van der Waals surface area contributed by atoms with E-state index in [9.17, 15) is 9.59 Å². The quantitative estimate of drug-likeness (QED) is 0.761. The first-order valence-corrected chi connectivity index (χ1v) is 9.67. The number of nitrogens with one attached hydrogen (secondary N) is 1. The van der Waals surface area contributed by atoms with Gasteiger partial charge in [-0.05, 0) is 48.9 Å². The van der Waals surface area contributed by atoms with Crippen LogP contribution in [0.3, 0.4) is 0 Å². The van der Waals surface area contributed by atoms with Crippen molar-refractivity contribution in [2.45, 2.75) is 26.3 Å². The summed E-state index contributed by atoms with van der Waals surface area (Å²) >= 11 is 0. The molecule has 28 heavy (non-hydrogen) atoms. The van der Waals surface area contributed by atoms with Gasteiger partial charge in [0, 0.05) is 31.5 Å². The van der Waals surface area contributed by atoms with Gasteiger partial charge in [0.05, 0.1) is 6.20 Å². The maximum Gasteiger partial charge on any atom is 0.261 e. The third kappa shape index (κ3) is 3.91. The number of amides is 1. The number of nitrogens with zero attached hydrogens (tertiary/aromatic N) is 3. The van der Waals surface area contributed by atoms with Crippen LogP contribution in [-0.2, 0) is 6.54 Å². The highest BCUT2D eigenvalue weighted by Crippen LogP contribution is 2.21. The Balaban J connectivity index is 1.40. The smallest absolute Gasteiger partial charge is 0.261 e. The number of H-pyrrole nitrogens is 1. The van der Waals surface area contributed by atoms with Gasteiger partial charge in [0.1, 0.15) is 5.56 Å². The fourth-order valence-corrected chi connectivity index (χ4v) is 3.75. The SMILES string of the molecule is Cc1cnn(CC2CCN(C(=O)c3ccc(-c4ccccc4)[nH]c3=O)CC2)c1. The monoisotopic (exact) mass is 376 g/mol. The van der Waals surface area contributed by atoms with E-state index in [0.717, 1.165) is 36.2 Å². The van der Waals surface area contributed by atoms with Crippen molar-refractivity contribution in [3.05, 3.63) is 76.3 Å². The summed E-state index contributed by atoms with van der Waals surface area (Å²) in [4.78, 5) is 29.9. The topological polar surface area (TPSA) is 71.0 Å². The van der Waals surface area contributed by atoms with E-state index in [4.69, 9.17) is 0 Å². The van der Waals surface area contributed by atoms with Crippen molar-refractivity contribution in [3.63, 3.8) is 0 Å². The van der Waals surface area contributed by atoms with Crippen LogP contribution >= 0.6 is 0 Å². The summed E-state index contributed by atoms with van der Waals surface area (Å²) in [5, 5.41) is 4.35. The molecule has 0 bridgehead atoms. The number of benzene rings is 1. The maximum atomic E-state index is 12.8. The Hall–Kier alpha value is -3.15. The van der Waals surface area contributed by atoms with Gasteiger partial charge in [-0.2, -0.15) is 5.10 Å². The zero-order valence-electron chi connectivity index (χ0n) is 16.0. The van der Waals surface area contributed by atoms with E-state index in [1.54, 1.807) is 17.0 Å². The Morgan fingerprint density at radius 3 is 2.54 bits per heavy atom. The molecule has 1 N–H and O–H groups in total. The van der Waals surface area contributed by atoms with Gasteiger partial charge in [0.25, 0.3) is 11.5 Å². The highest BCUT2D eigenvalue weighted by atomic mass is 16.2. The molecule has 1 aromatic carbocycles. The van der Waals surface area contributed by atoms with Crippen LogP contribution in [0.2, 0.25) is 0 Å². The lowest BCUT2D eigenvalue weighted by atomic mass is 9.96. The summed E-state index contributed by atoms with van der Waals surface area (Å²) in [6.45, 7) is 4.25. The number of aromatic amines is 1. The van der Waals surface area contributed by atoms with E-state index in [1.165, 1.54) is 0 Å². The molecule has 1 aliphatic rings. The van der Waals surface area contributed by atoms with Crippen LogP contribution in [0.1, 0.15) is 28.8 Å². The number of likely N-dealkylation sites (tertiary alicyclic amines) is 1. The number of piperidine rings is 1. The van der Waals surface area contributed by atoms with Gasteiger partial charge >= 0.3 is 0 Å². The van der Waals surface area contributed by atoms with E-state index >= 15 is 0 Å². The Morgan fingerprint density at radius 2 is 1.89 bits per heavy atom. The summed E-state index contributed by atoms with van der Waals surface area (Å²) in [7, 11) is 0. The van der Waals surface area contributed by atoms with Crippen molar-refractivity contribution in [1.29, 1.82) is 0 Å². The molecule has 1 amide bonds. The van der Waals surface area contributed by atoms with Crippen molar-refractivity contribution in [2.24, 2.45) is 5.92 Å². The third-order valence-corrected chi connectivity index (χ3v) is 5.33. The van der Waals surface area contributed by atoms with Crippen molar-refractivity contribution in [2.75, 3.05) is 13.1 Å². The molecule has 0 saturated carbocycles. The molecule has 1 aliphatic heterocycles. The Kier molecular flexibility index (Phi) is 5.10. The van der Waals surface area contributed by atoms with E-state index in [-0.39, 0.29) is 17.0 Å². The summed E-state index contributed by atoms with van der Waals surface area (Å²) in [6.07, 6.45) is 5.75. The number of rotatable bonds is 4. The van der Waals surface area contributed by atoms with Gasteiger partial charge < -0.3 is 9.88 Å². The largest absolute Gasteiger partial charge is 0.338 e. The van der Waals surface area contributed by atoms with E-state index < -0.39 is 0 Å². The molecule has 1 saturated heterocycles. The van der Waals surface area contributed by atoms with Gasteiger partial charge in [0.2, 0.25) is 0 Å². The first kappa shape index (κ1) is 18.2. The fourth-order valence-electron chi connectivity index (χ4n) is 3.75. The average molecular weight is 376 g/mol. The summed E-state index contributed by atoms with van der Waals surface area (Å²) < 4.78 is 1.98. The van der Waals surface area contributed by atoms with Gasteiger partial charge in [-0.25, -0.2) is 0 Å². The number of aryl methyl sites for hydroxylation is 1. The van der Waals surface area contributed by atoms with E-state index in [0.29, 0.717) is 19.0 Å². The lowest BCUT2D eigenvalue weighted by Crippen LogP contribution is -2.41. The molecule has 3 aromatic rings. The second kappa shape index (κ2) is 7.84. The molecule has 0 unspecified atom stereocenters. The third-order valence-electron chi connectivity index (χ3n) is 5.33. The predicted molar refractivity (Wildman–Crippen MR) is 108 cm³/mol. The number of pyridine rings is 1. The molecule has 0 atom stereocenters. The van der Waals surface area contributed by atoms with Gasteiger partial charge in [-0.1, -0.05) is 30.3 Å². The Labute approximate surface area is 163 Å². The molecule has 0 spiro atoms. The van der Waals surface area contributed by atoms with Crippen LogP contribution in [0.5, 0.6) is 0 Å². The molecule has 6 heteroatoms. The standard InChI is InChI=1S/C22H24N4O2/c1-16-13-23-26(14-16)15-17-9-11-25(12-10-17)22(28)19-7-8-20(24-21(19)27)18-5-3-2-4-6-18/h2-8,13-14,17H,9-12,15H2,1H3,(H,24,27). The van der Waals surface area contributed by atoms with Gasteiger partial charge in [-0.3, -0.25) is 14.3 Å². The van der Waals surface area contributed by atoms with Crippen LogP contribution in [-0.4, -0.2) is 38.7 Å². The Morgan fingerprint density at radius 1 is 1.14 bits per heavy atom. The van der Waals surface area contributed by atoms with Crippen LogP contribution in [0.4, 0.5) is 0 Å². The van der Waals surface area contributed by atoms with Crippen LogP contribution < -0.4 is 5.56 Å². The average Bonchev–Trinajstić information content (AvgIpc) is 3.13. The number of carbonyl (C=O) groups is 1. The van der Waals surface area contributed by atoms with Crippen LogP contribution in [0.25, 0.3) is 11.3 Å². The molecule has 3 heterocycles. The van der Waals surface area contributed by atoms with Crippen molar-refractivity contribution in [3.8, 4) is 11.3 Å². The summed E-state index contributed by atoms with van der Waals surface area (Å²) in [6, 6.07) is 13.1. The molecule has 6 nitrogen and oxygen atoms in total. The maximum absolute atomic E-state index is 12.8. The summed E-state index contributed by atoms with van der Waals surface area (Å²) in [5.41, 5.74) is 2.68. The van der Waals surface area contributed by atoms with Gasteiger partial charge in [-0.15, -0.1) is 0 Å². The summed E-state index contributed by atoms with van der Waals surface area (Å²) in [5.74, 6) is 0.316. The van der Waals surface area contributed by atoms with E-state index in [1.807, 2.05) is 54.3 Å². The Bertz CT molecular complexity index is 1010. The van der Waals surface area contributed by atoms with Crippen molar-refractivity contribution in [1.82, 2.24) is 19.7 Å². The molecular formula is C22H24N4O2. The van der Waals surface area contributed by atoms with Crippen molar-refractivity contribution >= 4 is 5.91 Å². The lowest BCUT2D eigenvalue weighted by molar-refractivity contribution is 0.0679. The molecule has 144 valence electrons. The second-order valence-corrected chi connectivity index (χ2v) is 7.46. The zero-order chi connectivity index (χ0) is 19.5. The first-order valence-electron chi connectivity index (χ1n) is 9.67. The molecule has 2 aromatic heterocycles. The fraction of sp³-hybridized carbons (Fsp3) is 0.318. The van der Waals surface area contributed by atoms with Gasteiger partial charge in [0.15, 0.2) is 0 Å². The first-order chi connectivity index (χ1) is 13.6. The molecule has 0 radical (unpaired) electrons. The van der Waals surface area contributed by atoms with Crippen molar-refractivity contribution < 1.29 is 4.79 Å². The normalized spacial score (nSPS) is 15.0. The highest BCUT2D eigenvalue weighted by molar-refractivity contribution is 5.94. The minimum absolute atomic E-state index is 0.186. The number of aromatic nitrogens is 3. The van der Waals surface area contributed by atoms with Crippen LogP contribution in [0, 0.1) is 12.8 Å². The second-order valence-electron chi connectivity index (χ2n) is 7.46. The number of hydrogen-bond donors (Lipinski definition) is 1. The molecule has 1 fully saturated rings. The minimum atomic E-state index is -0.333.